The first-order valence-electron chi connectivity index (χ1n) is 9.90. The SMILES string of the molecule is CC.O=CCC1CC(C(F)(F)F)CN1c1ccc(Oc2ccc(C(F)(F)F)cc2Cl)cc1. The normalized spacial score (nSPS) is 18.7. The highest BCUT2D eigenvalue weighted by atomic mass is 35.5. The van der Waals surface area contributed by atoms with Crippen molar-refractivity contribution >= 4 is 23.6 Å². The van der Waals surface area contributed by atoms with E-state index in [2.05, 4.69) is 0 Å². The summed E-state index contributed by atoms with van der Waals surface area (Å²) in [5.74, 6) is -1.27. The van der Waals surface area contributed by atoms with Gasteiger partial charge < -0.3 is 14.4 Å². The van der Waals surface area contributed by atoms with E-state index in [1.165, 1.54) is 29.2 Å². The van der Waals surface area contributed by atoms with Gasteiger partial charge in [-0.05, 0) is 48.9 Å². The average Bonchev–Trinajstić information content (AvgIpc) is 3.16. The minimum atomic E-state index is -4.54. The summed E-state index contributed by atoms with van der Waals surface area (Å²) in [4.78, 5) is 12.4. The van der Waals surface area contributed by atoms with Crippen molar-refractivity contribution in [2.45, 2.75) is 45.1 Å². The molecule has 1 heterocycles. The molecule has 1 aliphatic heterocycles. The smallest absolute Gasteiger partial charge is 0.416 e. The van der Waals surface area contributed by atoms with E-state index >= 15 is 0 Å². The quantitative estimate of drug-likeness (QED) is 0.326. The van der Waals surface area contributed by atoms with Crippen LogP contribution in [0.3, 0.4) is 0 Å². The Kier molecular flexibility index (Phi) is 8.45. The first-order valence-corrected chi connectivity index (χ1v) is 10.3. The zero-order valence-corrected chi connectivity index (χ0v) is 18.1. The molecule has 2 aromatic rings. The number of alkyl halides is 6. The molecule has 0 aromatic heterocycles. The van der Waals surface area contributed by atoms with Crippen molar-refractivity contribution in [3.05, 3.63) is 53.1 Å². The highest BCUT2D eigenvalue weighted by molar-refractivity contribution is 6.32. The van der Waals surface area contributed by atoms with Crippen LogP contribution in [0.5, 0.6) is 11.5 Å². The third kappa shape index (κ3) is 6.31. The molecule has 3 nitrogen and oxygen atoms in total. The number of hydrogen-bond acceptors (Lipinski definition) is 3. The third-order valence-corrected chi connectivity index (χ3v) is 5.20. The average molecular weight is 482 g/mol. The van der Waals surface area contributed by atoms with Gasteiger partial charge in [-0.25, -0.2) is 0 Å². The number of ether oxygens (including phenoxy) is 1. The summed E-state index contributed by atoms with van der Waals surface area (Å²) in [6.07, 6.45) is -8.47. The van der Waals surface area contributed by atoms with Crippen LogP contribution >= 0.6 is 11.6 Å². The molecule has 0 spiro atoms. The number of rotatable bonds is 5. The zero-order chi connectivity index (χ0) is 24.1. The van der Waals surface area contributed by atoms with Gasteiger partial charge >= 0.3 is 12.4 Å². The summed E-state index contributed by atoms with van der Waals surface area (Å²) >= 11 is 5.86. The first kappa shape index (κ1) is 25.8. The number of aldehydes is 1. The van der Waals surface area contributed by atoms with Gasteiger partial charge in [0, 0.05) is 24.7 Å². The van der Waals surface area contributed by atoms with Crippen molar-refractivity contribution in [3.8, 4) is 11.5 Å². The van der Waals surface area contributed by atoms with Crippen LogP contribution in [-0.2, 0) is 11.0 Å². The van der Waals surface area contributed by atoms with E-state index in [9.17, 15) is 31.1 Å². The summed E-state index contributed by atoms with van der Waals surface area (Å²) in [6.45, 7) is 3.74. The molecule has 2 unspecified atom stereocenters. The molecule has 1 saturated heterocycles. The van der Waals surface area contributed by atoms with E-state index in [0.717, 1.165) is 18.2 Å². The summed E-state index contributed by atoms with van der Waals surface area (Å²) in [6, 6.07) is 8.12. The predicted molar refractivity (Wildman–Crippen MR) is 110 cm³/mol. The molecule has 0 N–H and O–H groups in total. The van der Waals surface area contributed by atoms with Gasteiger partial charge in [-0.3, -0.25) is 0 Å². The molecule has 0 amide bonds. The minimum absolute atomic E-state index is 0.00885. The number of benzene rings is 2. The molecule has 1 fully saturated rings. The summed E-state index contributed by atoms with van der Waals surface area (Å²) in [5.41, 5.74) is -0.427. The van der Waals surface area contributed by atoms with Crippen molar-refractivity contribution in [1.29, 1.82) is 0 Å². The number of anilines is 1. The van der Waals surface area contributed by atoms with Gasteiger partial charge in [0.2, 0.25) is 0 Å². The molecule has 3 rings (SSSR count). The van der Waals surface area contributed by atoms with Gasteiger partial charge in [-0.1, -0.05) is 25.4 Å². The maximum atomic E-state index is 13.1. The standard InChI is InChI=1S/C20H16ClF6NO2.C2H6/c21-17-10-12(19(22,23)24)1-6-18(17)30-16-4-2-14(3-5-16)28-11-13(20(25,26)27)9-15(28)7-8-29;1-2/h1-6,8,10,13,15H,7,9,11H2;1-2H3. The van der Waals surface area contributed by atoms with E-state index < -0.39 is 29.9 Å². The van der Waals surface area contributed by atoms with Crippen LogP contribution in [-0.4, -0.2) is 25.0 Å². The van der Waals surface area contributed by atoms with Crippen LogP contribution in [0.1, 0.15) is 32.3 Å². The Morgan fingerprint density at radius 3 is 2.19 bits per heavy atom. The maximum absolute atomic E-state index is 13.1. The number of hydrogen-bond donors (Lipinski definition) is 0. The van der Waals surface area contributed by atoms with Gasteiger partial charge in [0.25, 0.3) is 0 Å². The van der Waals surface area contributed by atoms with Crippen LogP contribution < -0.4 is 9.64 Å². The summed E-state index contributed by atoms with van der Waals surface area (Å²) in [7, 11) is 0. The van der Waals surface area contributed by atoms with Crippen molar-refractivity contribution < 1.29 is 35.9 Å². The molecule has 1 aliphatic rings. The summed E-state index contributed by atoms with van der Waals surface area (Å²) < 4.78 is 82.9. The van der Waals surface area contributed by atoms with Gasteiger partial charge in [0.15, 0.2) is 0 Å². The second kappa shape index (κ2) is 10.5. The lowest BCUT2D eigenvalue weighted by atomic mass is 10.0. The van der Waals surface area contributed by atoms with Crippen LogP contribution in [0.25, 0.3) is 0 Å². The first-order chi connectivity index (χ1) is 15.0. The fraction of sp³-hybridized carbons (Fsp3) is 0.409. The Balaban J connectivity index is 0.00000176. The summed E-state index contributed by atoms with van der Waals surface area (Å²) in [5, 5.41) is -0.229. The van der Waals surface area contributed by atoms with Crippen molar-refractivity contribution in [1.82, 2.24) is 0 Å². The molecular formula is C22H22ClF6NO2. The topological polar surface area (TPSA) is 29.5 Å². The lowest BCUT2D eigenvalue weighted by molar-refractivity contribution is -0.168. The van der Waals surface area contributed by atoms with Crippen LogP contribution in [0.2, 0.25) is 5.02 Å². The largest absolute Gasteiger partial charge is 0.456 e. The molecule has 2 atom stereocenters. The lowest BCUT2D eigenvalue weighted by Gasteiger charge is -2.25. The highest BCUT2D eigenvalue weighted by Crippen LogP contribution is 2.40. The van der Waals surface area contributed by atoms with Gasteiger partial charge in [-0.15, -0.1) is 0 Å². The van der Waals surface area contributed by atoms with Crippen LogP contribution in [0.4, 0.5) is 32.0 Å². The Bertz CT molecular complexity index is 899. The molecule has 0 bridgehead atoms. The fourth-order valence-electron chi connectivity index (χ4n) is 3.40. The fourth-order valence-corrected chi connectivity index (χ4v) is 3.62. The number of carbonyl (C=O) groups is 1. The van der Waals surface area contributed by atoms with Gasteiger partial charge in [0.05, 0.1) is 16.5 Å². The number of nitrogens with zero attached hydrogens (tertiary/aromatic N) is 1. The molecule has 0 aliphatic carbocycles. The highest BCUT2D eigenvalue weighted by Gasteiger charge is 2.47. The number of carbonyl (C=O) groups excluding carboxylic acids is 1. The third-order valence-electron chi connectivity index (χ3n) is 4.90. The second-order valence-corrected chi connectivity index (χ2v) is 7.33. The molecular weight excluding hydrogens is 460 g/mol. The molecule has 10 heteroatoms. The molecule has 2 aromatic carbocycles. The molecule has 0 saturated carbocycles. The van der Waals surface area contributed by atoms with Gasteiger partial charge in [-0.2, -0.15) is 26.3 Å². The minimum Gasteiger partial charge on any atom is -0.456 e. The molecule has 32 heavy (non-hydrogen) atoms. The van der Waals surface area contributed by atoms with Crippen molar-refractivity contribution in [2.24, 2.45) is 5.92 Å². The van der Waals surface area contributed by atoms with E-state index in [4.69, 9.17) is 16.3 Å². The Hall–Kier alpha value is -2.42. The Morgan fingerprint density at radius 2 is 1.69 bits per heavy atom. The van der Waals surface area contributed by atoms with E-state index in [-0.39, 0.29) is 35.9 Å². The number of halogens is 7. The van der Waals surface area contributed by atoms with Crippen molar-refractivity contribution in [3.63, 3.8) is 0 Å². The van der Waals surface area contributed by atoms with E-state index in [1.54, 1.807) is 0 Å². The molecule has 176 valence electrons. The van der Waals surface area contributed by atoms with Crippen LogP contribution in [0.15, 0.2) is 42.5 Å². The van der Waals surface area contributed by atoms with Gasteiger partial charge in [0.1, 0.15) is 17.8 Å². The predicted octanol–water partition coefficient (Wildman–Crippen LogP) is 7.52. The van der Waals surface area contributed by atoms with Crippen molar-refractivity contribution in [2.75, 3.05) is 11.4 Å². The monoisotopic (exact) mass is 481 g/mol. The van der Waals surface area contributed by atoms with E-state index in [1.807, 2.05) is 13.8 Å². The van der Waals surface area contributed by atoms with E-state index in [0.29, 0.717) is 12.0 Å². The second-order valence-electron chi connectivity index (χ2n) is 6.92. The maximum Gasteiger partial charge on any atom is 0.416 e. The Morgan fingerprint density at radius 1 is 1.06 bits per heavy atom. The van der Waals surface area contributed by atoms with Crippen LogP contribution in [0, 0.1) is 5.92 Å². The lowest BCUT2D eigenvalue weighted by Crippen LogP contribution is -2.30. The zero-order valence-electron chi connectivity index (χ0n) is 17.3. The molecule has 0 radical (unpaired) electrons. The Labute approximate surface area is 186 Å².